The van der Waals surface area contributed by atoms with E-state index in [0.717, 1.165) is 30.6 Å². The van der Waals surface area contributed by atoms with Gasteiger partial charge in [0.1, 0.15) is 5.84 Å². The van der Waals surface area contributed by atoms with Gasteiger partial charge >= 0.3 is 0 Å². The van der Waals surface area contributed by atoms with Crippen LogP contribution in [0.25, 0.3) is 0 Å². The SMILES string of the molecule is CC(NC(=O)CO/N=C(\N)C1CCCC1)C12CC3CC(CC(C3)C1)C2. The van der Waals surface area contributed by atoms with E-state index in [1.807, 2.05) is 0 Å². The molecule has 5 aliphatic carbocycles. The zero-order valence-electron chi connectivity index (χ0n) is 15.5. The molecule has 0 saturated heterocycles. The Morgan fingerprint density at radius 3 is 2.28 bits per heavy atom. The van der Waals surface area contributed by atoms with Crippen LogP contribution in [0.1, 0.15) is 71.1 Å². The average Bonchev–Trinajstić information content (AvgIpc) is 3.08. The third-order valence-electron chi connectivity index (χ3n) is 7.52. The fraction of sp³-hybridized carbons (Fsp3) is 0.900. The van der Waals surface area contributed by atoms with Gasteiger partial charge in [-0.1, -0.05) is 18.0 Å². The van der Waals surface area contributed by atoms with Crippen molar-refractivity contribution in [3.05, 3.63) is 0 Å². The first-order chi connectivity index (χ1) is 12.0. The third-order valence-corrected chi connectivity index (χ3v) is 7.52. The standard InChI is InChI=1S/C20H33N3O2/c1-13(20-9-14-6-15(10-20)8-16(7-14)11-20)22-18(24)12-25-23-19(21)17-4-2-3-5-17/h13-17H,2-12H2,1H3,(H2,21,23)(H,22,24). The van der Waals surface area contributed by atoms with Crippen LogP contribution >= 0.6 is 0 Å². The Morgan fingerprint density at radius 1 is 1.16 bits per heavy atom. The molecule has 0 aromatic heterocycles. The fourth-order valence-corrected chi connectivity index (χ4v) is 6.61. The molecule has 5 nitrogen and oxygen atoms in total. The summed E-state index contributed by atoms with van der Waals surface area (Å²) < 4.78 is 0. The van der Waals surface area contributed by atoms with Crippen LogP contribution in [0.2, 0.25) is 0 Å². The average molecular weight is 348 g/mol. The number of rotatable bonds is 6. The lowest BCUT2D eigenvalue weighted by Gasteiger charge is -2.59. The quantitative estimate of drug-likeness (QED) is 0.440. The van der Waals surface area contributed by atoms with Gasteiger partial charge in [0.05, 0.1) is 0 Å². The Bertz CT molecular complexity index is 504. The van der Waals surface area contributed by atoms with Gasteiger partial charge in [-0.15, -0.1) is 0 Å². The molecule has 4 bridgehead atoms. The Hall–Kier alpha value is -1.26. The number of amides is 1. The molecule has 1 amide bonds. The van der Waals surface area contributed by atoms with E-state index in [4.69, 9.17) is 10.6 Å². The lowest BCUT2D eigenvalue weighted by Crippen LogP contribution is -2.56. The molecule has 1 atom stereocenters. The maximum atomic E-state index is 12.3. The van der Waals surface area contributed by atoms with Crippen LogP contribution in [-0.4, -0.2) is 24.4 Å². The second kappa shape index (κ2) is 6.81. The number of nitrogens with one attached hydrogen (secondary N) is 1. The van der Waals surface area contributed by atoms with Crippen molar-refractivity contribution in [1.29, 1.82) is 0 Å². The minimum Gasteiger partial charge on any atom is -0.384 e. The normalized spacial score (nSPS) is 38.8. The van der Waals surface area contributed by atoms with Crippen LogP contribution in [0.3, 0.4) is 0 Å². The zero-order valence-corrected chi connectivity index (χ0v) is 15.5. The van der Waals surface area contributed by atoms with Crippen molar-refractivity contribution in [2.24, 2.45) is 40.0 Å². The van der Waals surface area contributed by atoms with E-state index in [1.54, 1.807) is 0 Å². The highest BCUT2D eigenvalue weighted by atomic mass is 16.6. The van der Waals surface area contributed by atoms with E-state index >= 15 is 0 Å². The Balaban J connectivity index is 1.27. The largest absolute Gasteiger partial charge is 0.384 e. The first kappa shape index (κ1) is 17.2. The van der Waals surface area contributed by atoms with Crippen LogP contribution in [0.15, 0.2) is 5.16 Å². The maximum absolute atomic E-state index is 12.3. The van der Waals surface area contributed by atoms with Gasteiger partial charge in [0, 0.05) is 12.0 Å². The lowest BCUT2D eigenvalue weighted by atomic mass is 9.48. The summed E-state index contributed by atoms with van der Waals surface area (Å²) in [7, 11) is 0. The summed E-state index contributed by atoms with van der Waals surface area (Å²) in [6.07, 6.45) is 12.8. The maximum Gasteiger partial charge on any atom is 0.261 e. The molecule has 5 rings (SSSR count). The van der Waals surface area contributed by atoms with Crippen molar-refractivity contribution in [2.75, 3.05) is 6.61 Å². The lowest BCUT2D eigenvalue weighted by molar-refractivity contribution is -0.130. The minimum absolute atomic E-state index is 0.0237. The summed E-state index contributed by atoms with van der Waals surface area (Å²) in [5, 5.41) is 7.19. The summed E-state index contributed by atoms with van der Waals surface area (Å²) in [5.74, 6) is 3.53. The molecule has 0 heterocycles. The first-order valence-electron chi connectivity index (χ1n) is 10.3. The number of hydrogen-bond acceptors (Lipinski definition) is 3. The second-order valence-corrected chi connectivity index (χ2v) is 9.34. The highest BCUT2D eigenvalue weighted by Crippen LogP contribution is 2.61. The van der Waals surface area contributed by atoms with E-state index in [9.17, 15) is 4.79 Å². The van der Waals surface area contributed by atoms with Crippen molar-refractivity contribution in [3.8, 4) is 0 Å². The van der Waals surface area contributed by atoms with Crippen LogP contribution < -0.4 is 11.1 Å². The van der Waals surface area contributed by atoms with E-state index in [2.05, 4.69) is 17.4 Å². The third kappa shape index (κ3) is 3.52. The predicted octanol–water partition coefficient (Wildman–Crippen LogP) is 3.19. The Labute approximate surface area is 151 Å². The molecular formula is C20H33N3O2. The Kier molecular flexibility index (Phi) is 4.67. The van der Waals surface area contributed by atoms with Gasteiger partial charge in [-0.2, -0.15) is 0 Å². The summed E-state index contributed by atoms with van der Waals surface area (Å²) in [6.45, 7) is 2.17. The topological polar surface area (TPSA) is 76.7 Å². The summed E-state index contributed by atoms with van der Waals surface area (Å²) in [5.41, 5.74) is 6.29. The van der Waals surface area contributed by atoms with Crippen LogP contribution in [-0.2, 0) is 9.63 Å². The molecule has 140 valence electrons. The van der Waals surface area contributed by atoms with Crippen molar-refractivity contribution >= 4 is 11.7 Å². The first-order valence-corrected chi connectivity index (χ1v) is 10.3. The molecule has 0 aromatic carbocycles. The smallest absolute Gasteiger partial charge is 0.261 e. The van der Waals surface area contributed by atoms with Crippen molar-refractivity contribution in [2.45, 2.75) is 77.2 Å². The molecule has 0 aliphatic heterocycles. The highest BCUT2D eigenvalue weighted by Gasteiger charge is 2.53. The van der Waals surface area contributed by atoms with Gasteiger partial charge in [-0.3, -0.25) is 4.79 Å². The van der Waals surface area contributed by atoms with E-state index in [-0.39, 0.29) is 18.6 Å². The van der Waals surface area contributed by atoms with E-state index in [1.165, 1.54) is 51.4 Å². The number of carbonyl (C=O) groups is 1. The van der Waals surface area contributed by atoms with Gasteiger partial charge in [-0.25, -0.2) is 0 Å². The minimum atomic E-state index is -0.0637. The van der Waals surface area contributed by atoms with Crippen LogP contribution in [0.5, 0.6) is 0 Å². The molecular weight excluding hydrogens is 314 g/mol. The number of oxime groups is 1. The molecule has 5 heteroatoms. The molecule has 1 unspecified atom stereocenters. The molecule has 0 aromatic rings. The highest BCUT2D eigenvalue weighted by molar-refractivity contribution is 5.82. The van der Waals surface area contributed by atoms with Gasteiger partial charge in [0.2, 0.25) is 0 Å². The molecule has 5 aliphatic rings. The molecule has 25 heavy (non-hydrogen) atoms. The molecule has 5 fully saturated rings. The second-order valence-electron chi connectivity index (χ2n) is 9.34. The van der Waals surface area contributed by atoms with Gasteiger partial charge in [0.25, 0.3) is 5.91 Å². The van der Waals surface area contributed by atoms with Gasteiger partial charge in [0.15, 0.2) is 6.61 Å². The summed E-state index contributed by atoms with van der Waals surface area (Å²) in [6, 6.07) is 0.230. The van der Waals surface area contributed by atoms with Crippen molar-refractivity contribution < 1.29 is 9.63 Å². The molecule has 5 saturated carbocycles. The number of amidine groups is 1. The van der Waals surface area contributed by atoms with E-state index < -0.39 is 0 Å². The number of hydrogen-bond donors (Lipinski definition) is 2. The van der Waals surface area contributed by atoms with Gasteiger partial charge in [-0.05, 0) is 81.5 Å². The molecule has 0 radical (unpaired) electrons. The van der Waals surface area contributed by atoms with Crippen LogP contribution in [0, 0.1) is 29.1 Å². The predicted molar refractivity (Wildman–Crippen MR) is 97.7 cm³/mol. The number of carbonyl (C=O) groups excluding carboxylic acids is 1. The Morgan fingerprint density at radius 2 is 1.72 bits per heavy atom. The fourth-order valence-electron chi connectivity index (χ4n) is 6.61. The monoisotopic (exact) mass is 347 g/mol. The number of nitrogens with two attached hydrogens (primary N) is 1. The molecule has 3 N–H and O–H groups in total. The van der Waals surface area contributed by atoms with E-state index in [0.29, 0.717) is 17.2 Å². The zero-order chi connectivity index (χ0) is 17.4. The van der Waals surface area contributed by atoms with Crippen molar-refractivity contribution in [3.63, 3.8) is 0 Å². The summed E-state index contributed by atoms with van der Waals surface area (Å²) in [4.78, 5) is 17.5. The molecule has 0 spiro atoms. The van der Waals surface area contributed by atoms with Crippen molar-refractivity contribution in [1.82, 2.24) is 5.32 Å². The van der Waals surface area contributed by atoms with Gasteiger partial charge < -0.3 is 15.9 Å². The number of nitrogens with zero attached hydrogens (tertiary/aromatic N) is 1. The summed E-state index contributed by atoms with van der Waals surface area (Å²) >= 11 is 0. The van der Waals surface area contributed by atoms with Crippen LogP contribution in [0.4, 0.5) is 0 Å².